The van der Waals surface area contributed by atoms with E-state index in [-0.39, 0.29) is 98.4 Å². The topological polar surface area (TPSA) is 163 Å². The van der Waals surface area contributed by atoms with Crippen molar-refractivity contribution in [3.05, 3.63) is 287 Å². The molecule has 0 aliphatic rings. The number of aliphatic hydroxyl groups is 3. The molecule has 0 saturated heterocycles. The quantitative estimate of drug-likeness (QED) is 0.0140. The minimum Gasteiger partial charge on any atom is -0.756 e. The van der Waals surface area contributed by atoms with E-state index < -0.39 is 30.5 Å². The van der Waals surface area contributed by atoms with E-state index in [2.05, 4.69) is 58.2 Å². The molecule has 0 bridgehead atoms. The van der Waals surface area contributed by atoms with Crippen molar-refractivity contribution in [3.8, 4) is 0 Å². The summed E-state index contributed by atoms with van der Waals surface area (Å²) in [7, 11) is 11.1. The molecule has 11 nitrogen and oxygen atoms in total. The van der Waals surface area contributed by atoms with Gasteiger partial charge in [-0.25, -0.2) is 0 Å². The number of phosphoric ester groups is 1. The molecule has 8 aromatic carbocycles. The number of nitrogens with zero attached hydrogens (tertiary/aromatic N) is 1. The van der Waals surface area contributed by atoms with E-state index in [4.69, 9.17) is 15.1 Å². The number of hydrogen-bond donors (Lipinski definition) is 3. The van der Waals surface area contributed by atoms with Crippen LogP contribution in [0.2, 0.25) is 0 Å². The Bertz CT molecular complexity index is 2930. The van der Waals surface area contributed by atoms with Gasteiger partial charge >= 0.3 is 5.97 Å². The van der Waals surface area contributed by atoms with E-state index in [1.54, 1.807) is 0 Å². The van der Waals surface area contributed by atoms with Crippen molar-refractivity contribution < 1.29 is 52.6 Å². The van der Waals surface area contributed by atoms with E-state index in [0.29, 0.717) is 39.2 Å². The third-order valence-electron chi connectivity index (χ3n) is 14.3. The van der Waals surface area contributed by atoms with Gasteiger partial charge in [-0.2, -0.15) is 18.2 Å². The Morgan fingerprint density at radius 1 is 0.505 bits per heavy atom. The Morgan fingerprint density at radius 2 is 0.752 bits per heavy atom. The zero-order chi connectivity index (χ0) is 69.6. The molecule has 8 rings (SSSR count). The number of esters is 1. The summed E-state index contributed by atoms with van der Waals surface area (Å²) in [4.78, 5) is 35.5. The predicted octanol–water partition coefficient (Wildman–Crippen LogP) is 21.7. The number of unbranched alkanes of at least 4 members (excludes halogenated alkanes) is 2. The highest BCUT2D eigenvalue weighted by atomic mass is 31.2. The Kier molecular flexibility index (Phi) is 69.7. The summed E-state index contributed by atoms with van der Waals surface area (Å²) in [6, 6.07) is 75.4. The molecule has 16 heteroatoms. The predicted molar refractivity (Wildman–Crippen MR) is 450 cm³/mol. The number of carbonyl (C=O) groups is 2. The smallest absolute Gasteiger partial charge is 0.311 e. The zero-order valence-corrected chi connectivity index (χ0v) is 59.4. The number of rotatable bonds is 23. The molecule has 4 unspecified atom stereocenters. The molecule has 101 heavy (non-hydrogen) atoms. The van der Waals surface area contributed by atoms with E-state index in [9.17, 15) is 34.4 Å². The molecule has 565 valence electrons. The van der Waals surface area contributed by atoms with Gasteiger partial charge in [0.05, 0.1) is 40.7 Å². The van der Waals surface area contributed by atoms with Gasteiger partial charge < -0.3 is 38.5 Å². The first-order chi connectivity index (χ1) is 44.5. The summed E-state index contributed by atoms with van der Waals surface area (Å²) in [5, 5.41) is 34.7. The van der Waals surface area contributed by atoms with Crippen molar-refractivity contribution in [3.63, 3.8) is 0 Å². The number of hydrogen-bond acceptors (Lipinski definition) is 10. The van der Waals surface area contributed by atoms with E-state index in [0.717, 1.165) is 35.1 Å². The third kappa shape index (κ3) is 41.7. The van der Waals surface area contributed by atoms with Crippen molar-refractivity contribution in [2.45, 2.75) is 178 Å². The number of carbonyl (C=O) groups excluding carboxylic acids is 2. The van der Waals surface area contributed by atoms with Gasteiger partial charge in [0.1, 0.15) is 33.4 Å². The molecular weight excluding hydrogens is 1310 g/mol. The van der Waals surface area contributed by atoms with Crippen LogP contribution < -0.4 is 4.89 Å². The first-order valence-electron chi connectivity index (χ1n) is 32.0. The van der Waals surface area contributed by atoms with Gasteiger partial charge in [-0.05, 0) is 60.9 Å². The monoisotopic (exact) mass is 1450 g/mol. The lowest BCUT2D eigenvalue weighted by atomic mass is 9.66. The lowest BCUT2D eigenvalue weighted by molar-refractivity contribution is -0.870. The first-order valence-corrected chi connectivity index (χ1v) is 34.2. The summed E-state index contributed by atoms with van der Waals surface area (Å²) in [5.74, 6) is 0.143. The van der Waals surface area contributed by atoms with E-state index in [1.165, 1.54) is 33.2 Å². The average molecular weight is 1450 g/mol. The van der Waals surface area contributed by atoms with Crippen LogP contribution >= 0.6 is 26.1 Å². The molecule has 8 aromatic rings. The summed E-state index contributed by atoms with van der Waals surface area (Å²) >= 11 is 0. The van der Waals surface area contributed by atoms with E-state index >= 15 is 0 Å². The number of benzene rings is 8. The molecule has 4 atom stereocenters. The number of ketones is 1. The molecule has 0 aromatic heterocycles. The summed E-state index contributed by atoms with van der Waals surface area (Å²) < 4.78 is 32.8. The number of phosphoric acid groups is 1. The lowest BCUT2D eigenvalue weighted by Crippen LogP contribution is -2.51. The van der Waals surface area contributed by atoms with Gasteiger partial charge in [-0.3, -0.25) is 14.2 Å². The maximum absolute atomic E-state index is 12.3. The van der Waals surface area contributed by atoms with Crippen molar-refractivity contribution in [2.24, 2.45) is 11.3 Å². The fourth-order valence-electron chi connectivity index (χ4n) is 8.74. The van der Waals surface area contributed by atoms with Crippen molar-refractivity contribution >= 4 is 52.9 Å². The van der Waals surface area contributed by atoms with Gasteiger partial charge in [-0.15, -0.1) is 0 Å². The fraction of sp³-hybridized carbons (Fsp3) is 0.412. The van der Waals surface area contributed by atoms with Crippen LogP contribution in [0.4, 0.5) is 0 Å². The molecule has 0 saturated carbocycles. The molecule has 0 spiro atoms. The number of ether oxygens (including phenoxy) is 1. The summed E-state index contributed by atoms with van der Waals surface area (Å²) in [6.45, 7) is 16.8. The number of likely N-dealkylation sites (N-methyl/N-ethyl adjacent to an activating group) is 1. The van der Waals surface area contributed by atoms with Gasteiger partial charge in [0.25, 0.3) is 7.82 Å². The second-order valence-electron chi connectivity index (χ2n) is 23.0. The van der Waals surface area contributed by atoms with Gasteiger partial charge in [0, 0.05) is 11.1 Å². The SMILES string of the molecule is C.C.C.C.C.C.C.C.C.CCC(C)CC(C)(C)C(=O)OCCOP(=O)([O-])OCC[N+](C)(C)C.CCCC.CCCC.O=C(c1ccccc1)c1ccccc1.OC(c1ccccc1)(c1ccccc1)C(O)(c1ccccc1)c1ccccc1.OC(c1ccccc1)c1ccccc1.[3H][B]P.[B]P. The van der Waals surface area contributed by atoms with Crippen molar-refractivity contribution in [1.82, 2.24) is 0 Å². The molecule has 3 N–H and O–H groups in total. The molecular formula is C85H139B2NO10P3. The first kappa shape index (κ1) is 111. The Morgan fingerprint density at radius 3 is 1.00 bits per heavy atom. The molecule has 0 heterocycles. The molecule has 0 amide bonds. The zero-order valence-electron chi connectivity index (χ0n) is 57.2. The normalized spacial score (nSPS) is 10.8. The molecule has 0 aliphatic carbocycles. The highest BCUT2D eigenvalue weighted by Gasteiger charge is 2.54. The third-order valence-corrected chi connectivity index (χ3v) is 15.3. The summed E-state index contributed by atoms with van der Waals surface area (Å²) in [6.07, 6.45) is 6.47. The maximum Gasteiger partial charge on any atom is 0.311 e. The van der Waals surface area contributed by atoms with Crippen molar-refractivity contribution in [2.75, 3.05) is 47.5 Å². The van der Waals surface area contributed by atoms with E-state index in [1.807, 2.05) is 287 Å². The van der Waals surface area contributed by atoms with Crippen LogP contribution in [0.25, 0.3) is 0 Å². The number of quaternary nitrogens is 1. The van der Waals surface area contributed by atoms with Gasteiger partial charge in [0.2, 0.25) is 0 Å². The maximum atomic E-state index is 12.3. The van der Waals surface area contributed by atoms with Crippen LogP contribution in [0.3, 0.4) is 0 Å². The molecule has 0 fully saturated rings. The highest BCUT2D eigenvalue weighted by molar-refractivity contribution is 7.50. The second-order valence-corrected chi connectivity index (χ2v) is 24.4. The molecule has 0 aliphatic heterocycles. The Labute approximate surface area is 627 Å². The van der Waals surface area contributed by atoms with Gasteiger partial charge in [-0.1, -0.05) is 383 Å². The van der Waals surface area contributed by atoms with Crippen LogP contribution in [0.5, 0.6) is 0 Å². The highest BCUT2D eigenvalue weighted by Crippen LogP contribution is 2.49. The van der Waals surface area contributed by atoms with Crippen LogP contribution in [-0.2, 0) is 34.3 Å². The number of aliphatic hydroxyl groups excluding tert-OH is 1. The standard InChI is InChI=1S/C26H22O2.C16H34NO6P.C13H12O.C13H10O.2C4H10.9CH4.BH3P.BH2P/c27-25(21-13-5-1-6-14-21,22-15-7-2-8-16-22)26(28,23-17-9-3-10-18-23)24-19-11-4-12-20-24;1-8-14(2)13-16(3,4)15(18)21-11-12-23-24(19,20)22-10-9-17(5,6)7;2*14-13(11-7-3-1-4-8-11)12-9-5-2-6-10-12;2*1-3-4-2;;;;;;;;;;2*1-2/h1-20,27-28H;14H,8-13H2,1-7H3;1-10,13-14H;1-10H;2*3-4H2,1-2H3;9*1H4;1H,2H2;2H2/i;;;;;;;;;;;;;;;1T;. The van der Waals surface area contributed by atoms with Gasteiger partial charge in [0.15, 0.2) is 17.0 Å². The minimum atomic E-state index is -4.36. The minimum absolute atomic E-state index is 0. The Balaban J connectivity index is -0.000000152. The Hall–Kier alpha value is -6.16. The van der Waals surface area contributed by atoms with Crippen molar-refractivity contribution in [1.29, 1.82) is 1.34 Å². The van der Waals surface area contributed by atoms with Crippen LogP contribution in [0, 0.1) is 11.3 Å². The second kappa shape index (κ2) is 63.5. The average Bonchev–Trinajstić information content (AvgIpc) is 0.720. The molecule has 3 radical (unpaired) electrons. The van der Waals surface area contributed by atoms with Crippen LogP contribution in [0.1, 0.15) is 216 Å². The lowest BCUT2D eigenvalue weighted by Gasteiger charge is -2.45. The summed E-state index contributed by atoms with van der Waals surface area (Å²) in [5.41, 5.74) is 1.82. The fourth-order valence-corrected chi connectivity index (χ4v) is 9.41. The van der Waals surface area contributed by atoms with Crippen LogP contribution in [-0.4, -0.2) is 95.5 Å². The van der Waals surface area contributed by atoms with Crippen LogP contribution in [0.15, 0.2) is 243 Å². The largest absolute Gasteiger partial charge is 0.756 e.